The van der Waals surface area contributed by atoms with Crippen LogP contribution in [0.15, 0.2) is 47.4 Å². The molecular formula is C19H19ClN2O4. The molecule has 0 radical (unpaired) electrons. The van der Waals surface area contributed by atoms with Crippen LogP contribution in [0.25, 0.3) is 0 Å². The predicted octanol–water partition coefficient (Wildman–Crippen LogP) is 2.37. The number of benzene rings is 1. The van der Waals surface area contributed by atoms with Gasteiger partial charge in [0.15, 0.2) is 6.10 Å². The smallest absolute Gasteiger partial charge is 0.340 e. The van der Waals surface area contributed by atoms with Gasteiger partial charge >= 0.3 is 5.97 Å². The summed E-state index contributed by atoms with van der Waals surface area (Å²) < 4.78 is 6.58. The number of hydrogen-bond donors (Lipinski definition) is 1. The second kappa shape index (κ2) is 7.74. The van der Waals surface area contributed by atoms with Crippen molar-refractivity contribution >= 4 is 23.5 Å². The number of hydrogen-bond acceptors (Lipinski definition) is 4. The minimum absolute atomic E-state index is 0.196. The lowest BCUT2D eigenvalue weighted by atomic mass is 10.2. The quantitative estimate of drug-likeness (QED) is 0.787. The van der Waals surface area contributed by atoms with Crippen molar-refractivity contribution in [3.05, 3.63) is 69.1 Å². The van der Waals surface area contributed by atoms with Crippen LogP contribution < -0.4 is 10.9 Å². The first-order valence-electron chi connectivity index (χ1n) is 8.39. The molecule has 6 nitrogen and oxygen atoms in total. The number of carbonyl (C=O) groups is 2. The van der Waals surface area contributed by atoms with Crippen molar-refractivity contribution in [3.63, 3.8) is 0 Å². The van der Waals surface area contributed by atoms with Gasteiger partial charge in [-0.15, -0.1) is 0 Å². The van der Waals surface area contributed by atoms with E-state index in [-0.39, 0.29) is 29.6 Å². The van der Waals surface area contributed by atoms with E-state index in [9.17, 15) is 14.4 Å². The highest BCUT2D eigenvalue weighted by molar-refractivity contribution is 6.31. The van der Waals surface area contributed by atoms with Crippen LogP contribution in [-0.4, -0.2) is 28.6 Å². The highest BCUT2D eigenvalue weighted by Crippen LogP contribution is 2.19. The Bertz CT molecular complexity index is 889. The predicted molar refractivity (Wildman–Crippen MR) is 97.3 cm³/mol. The van der Waals surface area contributed by atoms with Gasteiger partial charge in [-0.25, -0.2) is 4.79 Å². The van der Waals surface area contributed by atoms with Gasteiger partial charge < -0.3 is 14.6 Å². The Hall–Kier alpha value is -2.60. The molecule has 0 bridgehead atoms. The maximum absolute atomic E-state index is 12.3. The third-order valence-corrected chi connectivity index (χ3v) is 4.46. The summed E-state index contributed by atoms with van der Waals surface area (Å²) in [7, 11) is 0. The standard InChI is InChI=1S/C19H19ClN2O4/c1-12(18(24)21-15-7-8-15)26-19(25)14-6-9-17(23)22(11-14)10-13-4-2-3-5-16(13)20/h2-6,9,11-12,15H,7-8,10H2,1H3,(H,21,24)/t12-/m0/s1. The van der Waals surface area contributed by atoms with E-state index >= 15 is 0 Å². The maximum atomic E-state index is 12.3. The summed E-state index contributed by atoms with van der Waals surface area (Å²) >= 11 is 6.13. The van der Waals surface area contributed by atoms with E-state index in [0.717, 1.165) is 18.4 Å². The number of carbonyl (C=O) groups excluding carboxylic acids is 2. The summed E-state index contributed by atoms with van der Waals surface area (Å²) in [6.07, 6.45) is 2.44. The summed E-state index contributed by atoms with van der Waals surface area (Å²) in [4.78, 5) is 36.3. The van der Waals surface area contributed by atoms with E-state index in [0.29, 0.717) is 5.02 Å². The van der Waals surface area contributed by atoms with Gasteiger partial charge in [0, 0.05) is 23.3 Å². The van der Waals surface area contributed by atoms with Crippen LogP contribution in [-0.2, 0) is 16.1 Å². The summed E-state index contributed by atoms with van der Waals surface area (Å²) in [5, 5.41) is 3.32. The SMILES string of the molecule is C[C@H](OC(=O)c1ccc(=O)n(Cc2ccccc2Cl)c1)C(=O)NC1CC1. The minimum atomic E-state index is -0.896. The first-order chi connectivity index (χ1) is 12.4. The molecule has 1 amide bonds. The van der Waals surface area contributed by atoms with Crippen LogP contribution in [0.3, 0.4) is 0 Å². The normalized spacial score (nSPS) is 14.5. The molecular weight excluding hydrogens is 356 g/mol. The molecule has 1 N–H and O–H groups in total. The number of aromatic nitrogens is 1. The van der Waals surface area contributed by atoms with Gasteiger partial charge in [0.05, 0.1) is 12.1 Å². The minimum Gasteiger partial charge on any atom is -0.449 e. The zero-order valence-electron chi connectivity index (χ0n) is 14.3. The topological polar surface area (TPSA) is 77.4 Å². The van der Waals surface area contributed by atoms with Gasteiger partial charge in [-0.2, -0.15) is 0 Å². The molecule has 26 heavy (non-hydrogen) atoms. The number of nitrogens with zero attached hydrogens (tertiary/aromatic N) is 1. The number of nitrogens with one attached hydrogen (secondary N) is 1. The zero-order chi connectivity index (χ0) is 18.7. The van der Waals surface area contributed by atoms with E-state index in [1.165, 1.54) is 29.8 Å². The van der Waals surface area contributed by atoms with Crippen LogP contribution in [0.5, 0.6) is 0 Å². The van der Waals surface area contributed by atoms with E-state index in [4.69, 9.17) is 16.3 Å². The Balaban J connectivity index is 1.71. The molecule has 136 valence electrons. The molecule has 0 spiro atoms. The molecule has 1 aliphatic carbocycles. The van der Waals surface area contributed by atoms with Gasteiger partial charge in [-0.1, -0.05) is 29.8 Å². The molecule has 1 atom stereocenters. The fourth-order valence-corrected chi connectivity index (χ4v) is 2.61. The molecule has 1 fully saturated rings. The molecule has 3 rings (SSSR count). The molecule has 1 saturated carbocycles. The Labute approximate surface area is 155 Å². The lowest BCUT2D eigenvalue weighted by molar-refractivity contribution is -0.129. The van der Waals surface area contributed by atoms with Crippen LogP contribution in [0, 0.1) is 0 Å². The number of esters is 1. The molecule has 7 heteroatoms. The first-order valence-corrected chi connectivity index (χ1v) is 8.77. The molecule has 0 saturated heterocycles. The number of halogens is 1. The van der Waals surface area contributed by atoms with Crippen LogP contribution in [0.4, 0.5) is 0 Å². The summed E-state index contributed by atoms with van der Waals surface area (Å²) in [6, 6.07) is 10.0. The van der Waals surface area contributed by atoms with E-state index < -0.39 is 12.1 Å². The van der Waals surface area contributed by atoms with Gasteiger partial charge in [0.25, 0.3) is 11.5 Å². The third-order valence-electron chi connectivity index (χ3n) is 4.09. The monoisotopic (exact) mass is 374 g/mol. The summed E-state index contributed by atoms with van der Waals surface area (Å²) in [5.41, 5.74) is 0.697. The lowest BCUT2D eigenvalue weighted by Crippen LogP contribution is -2.37. The molecule has 1 aromatic carbocycles. The largest absolute Gasteiger partial charge is 0.449 e. The Morgan fingerprint density at radius 3 is 2.69 bits per heavy atom. The van der Waals surface area contributed by atoms with Crippen molar-refractivity contribution in [3.8, 4) is 0 Å². The number of amides is 1. The average Bonchev–Trinajstić information content (AvgIpc) is 3.42. The second-order valence-electron chi connectivity index (χ2n) is 6.31. The van der Waals surface area contributed by atoms with Gasteiger partial charge in [-0.3, -0.25) is 9.59 Å². The Kier molecular flexibility index (Phi) is 5.42. The van der Waals surface area contributed by atoms with Gasteiger partial charge in [0.1, 0.15) is 0 Å². The highest BCUT2D eigenvalue weighted by Gasteiger charge is 2.27. The van der Waals surface area contributed by atoms with Gasteiger partial charge in [-0.05, 0) is 37.5 Å². The van der Waals surface area contributed by atoms with Crippen molar-refractivity contribution in [1.82, 2.24) is 9.88 Å². The van der Waals surface area contributed by atoms with E-state index in [1.54, 1.807) is 12.1 Å². The molecule has 0 aliphatic heterocycles. The van der Waals surface area contributed by atoms with Crippen molar-refractivity contribution in [2.45, 2.75) is 38.5 Å². The molecule has 2 aromatic rings. The summed E-state index contributed by atoms with van der Waals surface area (Å²) in [5.74, 6) is -0.971. The van der Waals surface area contributed by atoms with Crippen molar-refractivity contribution in [1.29, 1.82) is 0 Å². The van der Waals surface area contributed by atoms with E-state index in [1.807, 2.05) is 12.1 Å². The molecule has 0 unspecified atom stereocenters. The average molecular weight is 375 g/mol. The fourth-order valence-electron chi connectivity index (χ4n) is 2.41. The van der Waals surface area contributed by atoms with E-state index in [2.05, 4.69) is 5.32 Å². The summed E-state index contributed by atoms with van der Waals surface area (Å²) in [6.45, 7) is 1.76. The van der Waals surface area contributed by atoms with Crippen molar-refractivity contribution < 1.29 is 14.3 Å². The highest BCUT2D eigenvalue weighted by atomic mass is 35.5. The number of rotatable bonds is 6. The number of ether oxygens (including phenoxy) is 1. The van der Waals surface area contributed by atoms with Gasteiger partial charge in [0.2, 0.25) is 0 Å². The molecule has 1 aromatic heterocycles. The van der Waals surface area contributed by atoms with Crippen LogP contribution in [0.1, 0.15) is 35.7 Å². The zero-order valence-corrected chi connectivity index (χ0v) is 15.0. The molecule has 1 aliphatic rings. The van der Waals surface area contributed by atoms with Crippen LogP contribution in [0.2, 0.25) is 5.02 Å². The maximum Gasteiger partial charge on any atom is 0.340 e. The molecule has 1 heterocycles. The number of pyridine rings is 1. The second-order valence-corrected chi connectivity index (χ2v) is 6.71. The van der Waals surface area contributed by atoms with Crippen molar-refractivity contribution in [2.24, 2.45) is 0 Å². The Morgan fingerprint density at radius 2 is 2.00 bits per heavy atom. The Morgan fingerprint density at radius 1 is 1.27 bits per heavy atom. The van der Waals surface area contributed by atoms with Crippen molar-refractivity contribution in [2.75, 3.05) is 0 Å². The fraction of sp³-hybridized carbons (Fsp3) is 0.316. The lowest BCUT2D eigenvalue weighted by Gasteiger charge is -2.14. The first kappa shape index (κ1) is 18.2. The third kappa shape index (κ3) is 4.52. The van der Waals surface area contributed by atoms with Crippen LogP contribution >= 0.6 is 11.6 Å².